The summed E-state index contributed by atoms with van der Waals surface area (Å²) in [6, 6.07) is 11.4. The van der Waals surface area contributed by atoms with E-state index in [1.165, 1.54) is 6.07 Å². The van der Waals surface area contributed by atoms with Gasteiger partial charge in [0.05, 0.1) is 33.2 Å². The maximum absolute atomic E-state index is 14.3. The van der Waals surface area contributed by atoms with Crippen LogP contribution in [0.3, 0.4) is 0 Å². The molecule has 1 aliphatic rings. The number of nitrogen functional groups attached to an aromatic ring is 1. The molecule has 1 saturated heterocycles. The highest BCUT2D eigenvalue weighted by Gasteiger charge is 2.19. The van der Waals surface area contributed by atoms with E-state index in [-0.39, 0.29) is 5.82 Å². The number of aromatic amines is 1. The lowest BCUT2D eigenvalue weighted by molar-refractivity contribution is 0.501. The number of hydrogen-bond donors (Lipinski definition) is 3. The van der Waals surface area contributed by atoms with Gasteiger partial charge in [0.2, 0.25) is 0 Å². The molecule has 4 aromatic rings. The van der Waals surface area contributed by atoms with Crippen LogP contribution in [0.5, 0.6) is 0 Å². The number of rotatable bonds is 2. The third kappa shape index (κ3) is 2.66. The summed E-state index contributed by atoms with van der Waals surface area (Å²) in [5.74, 6) is 0.214. The predicted octanol–water partition coefficient (Wildman–Crippen LogP) is 3.30. The predicted molar refractivity (Wildman–Crippen MR) is 111 cm³/mol. The van der Waals surface area contributed by atoms with E-state index in [1.807, 2.05) is 6.07 Å². The summed E-state index contributed by atoms with van der Waals surface area (Å²) in [4.78, 5) is 14.7. The first-order valence-corrected chi connectivity index (χ1v) is 9.42. The number of H-pyrrole nitrogens is 1. The summed E-state index contributed by atoms with van der Waals surface area (Å²) in [6.45, 7) is 5.12. The maximum atomic E-state index is 14.3. The Morgan fingerprint density at radius 2 is 2.11 bits per heavy atom. The van der Waals surface area contributed by atoms with Crippen LogP contribution < -0.4 is 16.0 Å². The van der Waals surface area contributed by atoms with Crippen molar-refractivity contribution in [2.75, 3.05) is 30.3 Å². The number of pyridine rings is 1. The second-order valence-electron chi connectivity index (χ2n) is 7.25. The molecule has 0 amide bonds. The molecule has 2 aromatic heterocycles. The molecule has 142 valence electrons. The van der Waals surface area contributed by atoms with Gasteiger partial charge in [-0.25, -0.2) is 9.37 Å². The zero-order valence-electron chi connectivity index (χ0n) is 15.5. The van der Waals surface area contributed by atoms with Crippen molar-refractivity contribution in [3.63, 3.8) is 0 Å². The topological polar surface area (TPSA) is 82.9 Å². The Morgan fingerprint density at radius 1 is 1.21 bits per heavy atom. The highest BCUT2D eigenvalue weighted by Crippen LogP contribution is 2.33. The number of nitrogens with two attached hydrogens (primary N) is 1. The minimum absolute atomic E-state index is 0.329. The molecule has 1 fully saturated rings. The number of piperazine rings is 1. The van der Waals surface area contributed by atoms with Crippen molar-refractivity contribution in [1.29, 1.82) is 0 Å². The molecule has 7 heteroatoms. The van der Waals surface area contributed by atoms with Gasteiger partial charge in [0.15, 0.2) is 0 Å². The summed E-state index contributed by atoms with van der Waals surface area (Å²) in [5.41, 5.74) is 10.7. The van der Waals surface area contributed by atoms with E-state index in [9.17, 15) is 4.39 Å². The highest BCUT2D eigenvalue weighted by atomic mass is 19.1. The van der Waals surface area contributed by atoms with Crippen molar-refractivity contribution in [3.05, 3.63) is 48.4 Å². The molecule has 0 radical (unpaired) electrons. The van der Waals surface area contributed by atoms with Gasteiger partial charge in [0.1, 0.15) is 11.6 Å². The van der Waals surface area contributed by atoms with E-state index in [4.69, 9.17) is 5.73 Å². The van der Waals surface area contributed by atoms with Crippen LogP contribution in [-0.4, -0.2) is 40.6 Å². The second-order valence-corrected chi connectivity index (χ2v) is 7.25. The van der Waals surface area contributed by atoms with E-state index in [0.29, 0.717) is 34.0 Å². The van der Waals surface area contributed by atoms with Gasteiger partial charge in [0.25, 0.3) is 0 Å². The zero-order valence-corrected chi connectivity index (χ0v) is 15.5. The van der Waals surface area contributed by atoms with E-state index in [0.717, 1.165) is 36.4 Å². The molecule has 5 rings (SSSR count). The standard InChI is InChI=1S/C21H21FN6/c1-12-10-24-7-8-28(12)13-5-6-16-18(9-13)27-21(26-16)14-11-25-17-4-2-3-15(22)19(17)20(14)23/h2-6,9,11-12,24H,7-8,10H2,1H3,(H2,23,25)(H,26,27). The van der Waals surface area contributed by atoms with Crippen molar-refractivity contribution in [2.24, 2.45) is 0 Å². The summed E-state index contributed by atoms with van der Waals surface area (Å²) in [5, 5.41) is 3.74. The third-order valence-corrected chi connectivity index (χ3v) is 5.44. The normalized spacial score (nSPS) is 17.5. The number of imidazole rings is 1. The second kappa shape index (κ2) is 6.45. The number of hydrogen-bond acceptors (Lipinski definition) is 5. The lowest BCUT2D eigenvalue weighted by Gasteiger charge is -2.35. The van der Waals surface area contributed by atoms with Crippen LogP contribution in [0.4, 0.5) is 15.8 Å². The summed E-state index contributed by atoms with van der Waals surface area (Å²) in [6.07, 6.45) is 1.65. The SMILES string of the molecule is CC1CNCCN1c1ccc2nc(-c3cnc4cccc(F)c4c3N)[nH]c2c1. The number of nitrogens with zero attached hydrogens (tertiary/aromatic N) is 3. The Morgan fingerprint density at radius 3 is 2.96 bits per heavy atom. The molecule has 1 unspecified atom stereocenters. The smallest absolute Gasteiger partial charge is 0.142 e. The fraction of sp³-hybridized carbons (Fsp3) is 0.238. The molecule has 4 N–H and O–H groups in total. The summed E-state index contributed by atoms with van der Waals surface area (Å²) >= 11 is 0. The summed E-state index contributed by atoms with van der Waals surface area (Å²) in [7, 11) is 0. The van der Waals surface area contributed by atoms with Gasteiger partial charge < -0.3 is 20.9 Å². The van der Waals surface area contributed by atoms with Crippen molar-refractivity contribution < 1.29 is 4.39 Å². The fourth-order valence-corrected chi connectivity index (χ4v) is 3.94. The molecule has 0 spiro atoms. The van der Waals surface area contributed by atoms with Crippen LogP contribution in [0.1, 0.15) is 6.92 Å². The highest BCUT2D eigenvalue weighted by molar-refractivity contribution is 5.98. The van der Waals surface area contributed by atoms with Crippen LogP contribution in [0, 0.1) is 5.82 Å². The molecular weight excluding hydrogens is 355 g/mol. The molecule has 0 bridgehead atoms. The van der Waals surface area contributed by atoms with Gasteiger partial charge in [-0.15, -0.1) is 0 Å². The molecular formula is C21H21FN6. The molecule has 6 nitrogen and oxygen atoms in total. The number of benzene rings is 2. The quantitative estimate of drug-likeness (QED) is 0.500. The van der Waals surface area contributed by atoms with Crippen LogP contribution >= 0.6 is 0 Å². The Labute approximate surface area is 161 Å². The fourth-order valence-electron chi connectivity index (χ4n) is 3.94. The average molecular weight is 376 g/mol. The van der Waals surface area contributed by atoms with E-state index in [2.05, 4.69) is 44.2 Å². The van der Waals surface area contributed by atoms with Gasteiger partial charge in [-0.2, -0.15) is 0 Å². The van der Waals surface area contributed by atoms with Gasteiger partial charge in [-0.3, -0.25) is 4.98 Å². The lowest BCUT2D eigenvalue weighted by Crippen LogP contribution is -2.49. The van der Waals surface area contributed by atoms with E-state index < -0.39 is 0 Å². The van der Waals surface area contributed by atoms with Gasteiger partial charge in [-0.05, 0) is 37.3 Å². The Kier molecular flexibility index (Phi) is 3.91. The number of aromatic nitrogens is 3. The van der Waals surface area contributed by atoms with Gasteiger partial charge in [-0.1, -0.05) is 6.07 Å². The Bertz CT molecular complexity index is 1180. The molecule has 1 atom stereocenters. The first kappa shape index (κ1) is 16.9. The molecule has 0 saturated carbocycles. The lowest BCUT2D eigenvalue weighted by atomic mass is 10.1. The molecule has 1 aliphatic heterocycles. The summed E-state index contributed by atoms with van der Waals surface area (Å²) < 4.78 is 14.3. The first-order valence-electron chi connectivity index (χ1n) is 9.42. The molecule has 2 aromatic carbocycles. The number of fused-ring (bicyclic) bond motifs is 2. The first-order chi connectivity index (χ1) is 13.6. The number of anilines is 2. The van der Waals surface area contributed by atoms with Crippen LogP contribution in [0.15, 0.2) is 42.6 Å². The minimum Gasteiger partial charge on any atom is -0.397 e. The minimum atomic E-state index is -0.379. The van der Waals surface area contributed by atoms with E-state index in [1.54, 1.807) is 18.3 Å². The van der Waals surface area contributed by atoms with Crippen LogP contribution in [-0.2, 0) is 0 Å². The van der Waals surface area contributed by atoms with Crippen molar-refractivity contribution in [2.45, 2.75) is 13.0 Å². The van der Waals surface area contributed by atoms with Crippen LogP contribution in [0.25, 0.3) is 33.3 Å². The number of halogens is 1. The zero-order chi connectivity index (χ0) is 19.3. The van der Waals surface area contributed by atoms with Gasteiger partial charge in [0, 0.05) is 37.6 Å². The van der Waals surface area contributed by atoms with Gasteiger partial charge >= 0.3 is 0 Å². The Balaban J connectivity index is 1.60. The average Bonchev–Trinajstić information content (AvgIpc) is 3.11. The molecule has 28 heavy (non-hydrogen) atoms. The third-order valence-electron chi connectivity index (χ3n) is 5.44. The largest absolute Gasteiger partial charge is 0.397 e. The van der Waals surface area contributed by atoms with E-state index >= 15 is 0 Å². The number of nitrogens with one attached hydrogen (secondary N) is 2. The van der Waals surface area contributed by atoms with Crippen molar-refractivity contribution in [3.8, 4) is 11.4 Å². The maximum Gasteiger partial charge on any atom is 0.142 e. The van der Waals surface area contributed by atoms with Crippen molar-refractivity contribution >= 4 is 33.3 Å². The monoisotopic (exact) mass is 376 g/mol. The van der Waals surface area contributed by atoms with Crippen LogP contribution in [0.2, 0.25) is 0 Å². The van der Waals surface area contributed by atoms with Crippen molar-refractivity contribution in [1.82, 2.24) is 20.3 Å². The molecule has 0 aliphatic carbocycles. The molecule has 3 heterocycles. The Hall–Kier alpha value is -3.19.